The number of carbonyl (C=O) groups is 1. The van der Waals surface area contributed by atoms with Crippen LogP contribution in [0.15, 0.2) is 4.99 Å². The van der Waals surface area contributed by atoms with E-state index in [1.54, 1.807) is 0 Å². The van der Waals surface area contributed by atoms with Crippen LogP contribution in [0, 0.1) is 11.3 Å². The summed E-state index contributed by atoms with van der Waals surface area (Å²) in [5.41, 5.74) is 0.363. The van der Waals surface area contributed by atoms with Crippen molar-refractivity contribution < 1.29 is 4.79 Å². The van der Waals surface area contributed by atoms with Gasteiger partial charge in [-0.15, -0.1) is 24.0 Å². The molecule has 1 rings (SSSR count). The summed E-state index contributed by atoms with van der Waals surface area (Å²) in [6.45, 7) is 14.6. The molecule has 5 nitrogen and oxygen atoms in total. The van der Waals surface area contributed by atoms with E-state index in [-0.39, 0.29) is 35.8 Å². The van der Waals surface area contributed by atoms with Gasteiger partial charge in [0, 0.05) is 32.1 Å². The molecule has 1 aliphatic rings. The highest BCUT2D eigenvalue weighted by molar-refractivity contribution is 14.0. The maximum Gasteiger partial charge on any atom is 0.222 e. The fraction of sp³-hybridized carbons (Fsp3) is 0.867. The third-order valence-corrected chi connectivity index (χ3v) is 3.51. The minimum Gasteiger partial charge on any atom is -0.357 e. The van der Waals surface area contributed by atoms with Crippen LogP contribution in [0.25, 0.3) is 0 Å². The lowest BCUT2D eigenvalue weighted by Gasteiger charge is -2.23. The number of likely N-dealkylation sites (tertiary alicyclic amines) is 1. The van der Waals surface area contributed by atoms with Gasteiger partial charge >= 0.3 is 0 Å². The van der Waals surface area contributed by atoms with Gasteiger partial charge < -0.3 is 15.5 Å². The molecule has 0 bridgehead atoms. The Hall–Kier alpha value is -0.530. The second-order valence-electron chi connectivity index (χ2n) is 6.52. The number of amides is 1. The van der Waals surface area contributed by atoms with Gasteiger partial charge in [0.1, 0.15) is 0 Å². The first-order valence-electron chi connectivity index (χ1n) is 7.66. The molecule has 2 N–H and O–H groups in total. The molecule has 0 spiro atoms. The molecule has 0 unspecified atom stereocenters. The predicted octanol–water partition coefficient (Wildman–Crippen LogP) is 2.07. The van der Waals surface area contributed by atoms with E-state index in [2.05, 4.69) is 41.3 Å². The van der Waals surface area contributed by atoms with E-state index in [0.29, 0.717) is 18.5 Å². The molecule has 0 aromatic heterocycles. The Kier molecular flexibility index (Phi) is 9.24. The number of hydrogen-bond donors (Lipinski definition) is 2. The summed E-state index contributed by atoms with van der Waals surface area (Å²) in [7, 11) is 0. The third kappa shape index (κ3) is 7.33. The van der Waals surface area contributed by atoms with Crippen LogP contribution in [0.3, 0.4) is 0 Å². The highest BCUT2D eigenvalue weighted by atomic mass is 127. The van der Waals surface area contributed by atoms with E-state index < -0.39 is 0 Å². The van der Waals surface area contributed by atoms with Crippen molar-refractivity contribution in [3.63, 3.8) is 0 Å². The second kappa shape index (κ2) is 9.48. The molecule has 0 aliphatic carbocycles. The van der Waals surface area contributed by atoms with Gasteiger partial charge in [-0.05, 0) is 18.8 Å². The van der Waals surface area contributed by atoms with Crippen molar-refractivity contribution in [2.75, 3.05) is 32.7 Å². The first-order chi connectivity index (χ1) is 9.35. The number of nitrogens with zero attached hydrogens (tertiary/aromatic N) is 2. The second-order valence-corrected chi connectivity index (χ2v) is 6.52. The van der Waals surface area contributed by atoms with Gasteiger partial charge in [0.05, 0.1) is 6.54 Å². The summed E-state index contributed by atoms with van der Waals surface area (Å²) in [6.07, 6.45) is 1.20. The Bertz CT molecular complexity index is 356. The van der Waals surface area contributed by atoms with Crippen LogP contribution < -0.4 is 10.6 Å². The number of hydrogen-bond acceptors (Lipinski definition) is 2. The number of carbonyl (C=O) groups excluding carboxylic acids is 1. The summed E-state index contributed by atoms with van der Waals surface area (Å²) >= 11 is 0. The zero-order chi connectivity index (χ0) is 15.2. The molecule has 1 aliphatic heterocycles. The molecular formula is C15H31IN4O. The lowest BCUT2D eigenvalue weighted by molar-refractivity contribution is -0.123. The van der Waals surface area contributed by atoms with E-state index in [1.165, 1.54) is 6.42 Å². The average Bonchev–Trinajstić information content (AvgIpc) is 2.73. The van der Waals surface area contributed by atoms with Crippen LogP contribution in [-0.2, 0) is 4.79 Å². The minimum absolute atomic E-state index is 0. The van der Waals surface area contributed by atoms with Crippen molar-refractivity contribution >= 4 is 35.8 Å². The molecule has 0 aromatic carbocycles. The Balaban J connectivity index is 0.00000400. The Labute approximate surface area is 146 Å². The minimum atomic E-state index is 0. The Morgan fingerprint density at radius 1 is 1.33 bits per heavy atom. The highest BCUT2D eigenvalue weighted by Crippen LogP contribution is 2.28. The molecule has 21 heavy (non-hydrogen) atoms. The third-order valence-electron chi connectivity index (χ3n) is 3.51. The Morgan fingerprint density at radius 3 is 2.48 bits per heavy atom. The molecule has 0 radical (unpaired) electrons. The average molecular weight is 410 g/mol. The van der Waals surface area contributed by atoms with Crippen molar-refractivity contribution in [1.29, 1.82) is 0 Å². The van der Waals surface area contributed by atoms with Crippen molar-refractivity contribution in [3.05, 3.63) is 0 Å². The highest BCUT2D eigenvalue weighted by Gasteiger charge is 2.30. The lowest BCUT2D eigenvalue weighted by atomic mass is 9.93. The van der Waals surface area contributed by atoms with Gasteiger partial charge in [-0.1, -0.05) is 27.7 Å². The van der Waals surface area contributed by atoms with Gasteiger partial charge in [-0.25, -0.2) is 0 Å². The predicted molar refractivity (Wildman–Crippen MR) is 99.2 cm³/mol. The van der Waals surface area contributed by atoms with Crippen LogP contribution in [0.1, 0.15) is 41.0 Å². The zero-order valence-corrected chi connectivity index (χ0v) is 16.4. The summed E-state index contributed by atoms with van der Waals surface area (Å²) < 4.78 is 0. The van der Waals surface area contributed by atoms with Gasteiger partial charge in [0.25, 0.3) is 0 Å². The summed E-state index contributed by atoms with van der Waals surface area (Å²) in [4.78, 5) is 18.4. The monoisotopic (exact) mass is 410 g/mol. The van der Waals surface area contributed by atoms with Crippen molar-refractivity contribution in [2.24, 2.45) is 16.3 Å². The topological polar surface area (TPSA) is 56.7 Å². The first-order valence-corrected chi connectivity index (χ1v) is 7.66. The number of aliphatic imine (C=N–C) groups is 1. The van der Waals surface area contributed by atoms with Gasteiger partial charge in [-0.3, -0.25) is 9.79 Å². The van der Waals surface area contributed by atoms with E-state index in [0.717, 1.165) is 25.6 Å². The number of halogens is 1. The van der Waals surface area contributed by atoms with E-state index in [9.17, 15) is 4.79 Å². The SMILES string of the molecule is CCNC(=NCCNC(=O)C(C)C)N1CCC(C)(C)C1.I. The molecule has 0 aromatic rings. The number of guanidine groups is 1. The molecule has 124 valence electrons. The van der Waals surface area contributed by atoms with Crippen LogP contribution >= 0.6 is 24.0 Å². The van der Waals surface area contributed by atoms with Crippen LogP contribution in [-0.4, -0.2) is 49.5 Å². The maximum atomic E-state index is 11.5. The summed E-state index contributed by atoms with van der Waals surface area (Å²) in [6, 6.07) is 0. The molecule has 6 heteroatoms. The fourth-order valence-corrected chi connectivity index (χ4v) is 2.26. The molecule has 1 amide bonds. The Morgan fingerprint density at radius 2 is 2.00 bits per heavy atom. The smallest absolute Gasteiger partial charge is 0.222 e. The van der Waals surface area contributed by atoms with Crippen LogP contribution in [0.2, 0.25) is 0 Å². The van der Waals surface area contributed by atoms with Crippen molar-refractivity contribution in [3.8, 4) is 0 Å². The summed E-state index contributed by atoms with van der Waals surface area (Å²) in [5.74, 6) is 1.09. The van der Waals surface area contributed by atoms with Crippen molar-refractivity contribution in [1.82, 2.24) is 15.5 Å². The van der Waals surface area contributed by atoms with Crippen LogP contribution in [0.4, 0.5) is 0 Å². The van der Waals surface area contributed by atoms with Gasteiger partial charge in [-0.2, -0.15) is 0 Å². The number of rotatable bonds is 5. The normalized spacial score (nSPS) is 17.6. The quantitative estimate of drug-likeness (QED) is 0.316. The van der Waals surface area contributed by atoms with Gasteiger partial charge in [0.2, 0.25) is 5.91 Å². The largest absolute Gasteiger partial charge is 0.357 e. The molecule has 0 saturated carbocycles. The molecule has 1 fully saturated rings. The van der Waals surface area contributed by atoms with Crippen LogP contribution in [0.5, 0.6) is 0 Å². The zero-order valence-electron chi connectivity index (χ0n) is 14.0. The van der Waals surface area contributed by atoms with Gasteiger partial charge in [0.15, 0.2) is 5.96 Å². The first kappa shape index (κ1) is 20.5. The number of nitrogens with one attached hydrogen (secondary N) is 2. The molecule has 1 saturated heterocycles. The molecule has 0 atom stereocenters. The van der Waals surface area contributed by atoms with E-state index in [4.69, 9.17) is 0 Å². The standard InChI is InChI=1S/C15H30N4O.HI/c1-6-16-14(19-10-7-15(4,5)11-19)18-9-8-17-13(20)12(2)3;/h12H,6-11H2,1-5H3,(H,16,18)(H,17,20);1H. The molecular weight excluding hydrogens is 379 g/mol. The summed E-state index contributed by atoms with van der Waals surface area (Å²) in [5, 5.41) is 6.23. The fourth-order valence-electron chi connectivity index (χ4n) is 2.26. The molecule has 1 heterocycles. The lowest BCUT2D eigenvalue weighted by Crippen LogP contribution is -2.41. The van der Waals surface area contributed by atoms with Crippen molar-refractivity contribution in [2.45, 2.75) is 41.0 Å². The van der Waals surface area contributed by atoms with E-state index >= 15 is 0 Å². The van der Waals surface area contributed by atoms with E-state index in [1.807, 2.05) is 13.8 Å². The maximum absolute atomic E-state index is 11.5.